The van der Waals surface area contributed by atoms with Gasteiger partial charge in [-0.1, -0.05) is 60.7 Å². The number of hydrogen-bond acceptors (Lipinski definition) is 17. The van der Waals surface area contributed by atoms with Gasteiger partial charge >= 0.3 is 0 Å². The summed E-state index contributed by atoms with van der Waals surface area (Å²) in [6, 6.07) is 49.1. The average Bonchev–Trinajstić information content (AvgIpc) is 1.66. The van der Waals surface area contributed by atoms with Crippen LogP contribution < -0.4 is 47.2 Å². The zero-order valence-corrected chi connectivity index (χ0v) is 61.1. The van der Waals surface area contributed by atoms with Crippen LogP contribution >= 0.6 is 0 Å². The lowest BCUT2D eigenvalue weighted by atomic mass is 10.1. The van der Waals surface area contributed by atoms with E-state index in [0.29, 0.717) is 101 Å². The quantitative estimate of drug-likeness (QED) is 0.0947. The van der Waals surface area contributed by atoms with Gasteiger partial charge in [-0.3, -0.25) is 59.5 Å². The molecule has 111 heavy (non-hydrogen) atoms. The maximum atomic E-state index is 15.1. The molecule has 0 bridgehead atoms. The Bertz CT molecular complexity index is 6370. The Morgan fingerprint density at radius 1 is 0.396 bits per heavy atom. The summed E-state index contributed by atoms with van der Waals surface area (Å²) in [5.74, 6) is -0.395. The van der Waals surface area contributed by atoms with Gasteiger partial charge in [-0.2, -0.15) is 0 Å². The number of para-hydroxylation sites is 3. The van der Waals surface area contributed by atoms with E-state index in [-0.39, 0.29) is 51.9 Å². The maximum absolute atomic E-state index is 15.1. The second kappa shape index (κ2) is 30.4. The number of H-pyrrole nitrogens is 4. The number of fused-ring (bicyclic) bond motifs is 12. The highest BCUT2D eigenvalue weighted by Crippen LogP contribution is 2.35. The molecule has 20 rings (SSSR count). The molecule has 16 aromatic rings. The number of pyridine rings is 5. The van der Waals surface area contributed by atoms with E-state index in [1.165, 1.54) is 36.9 Å². The van der Waals surface area contributed by atoms with Crippen LogP contribution in [0.25, 0.3) is 110 Å². The van der Waals surface area contributed by atoms with Crippen LogP contribution in [0.2, 0.25) is 0 Å². The Morgan fingerprint density at radius 2 is 0.874 bits per heavy atom. The van der Waals surface area contributed by atoms with Gasteiger partial charge in [0.25, 0.3) is 22.2 Å². The van der Waals surface area contributed by atoms with Crippen molar-refractivity contribution in [3.05, 3.63) is 254 Å². The van der Waals surface area contributed by atoms with E-state index in [1.54, 1.807) is 55.2 Å². The summed E-state index contributed by atoms with van der Waals surface area (Å²) in [5, 5.41) is 20.6. The van der Waals surface area contributed by atoms with Crippen molar-refractivity contribution in [3.63, 3.8) is 0 Å². The minimum Gasteiger partial charge on any atom is -0.378 e. The molecule has 25 nitrogen and oxygen atoms in total. The van der Waals surface area contributed by atoms with Crippen molar-refractivity contribution in [2.24, 2.45) is 0 Å². The number of aromatic amines is 4. The molecule has 2 atom stereocenters. The predicted octanol–water partition coefficient (Wildman–Crippen LogP) is 11.3. The topological polar surface area (TPSA) is 262 Å². The number of benzene rings is 7. The summed E-state index contributed by atoms with van der Waals surface area (Å²) < 4.78 is 61.7. The highest BCUT2D eigenvalue weighted by atomic mass is 19.1. The predicted molar refractivity (Wildman–Crippen MR) is 429 cm³/mol. The number of piperazine rings is 1. The zero-order chi connectivity index (χ0) is 76.0. The molecule has 7 aromatic carbocycles. The van der Waals surface area contributed by atoms with Crippen LogP contribution in [0.15, 0.2) is 214 Å². The SMILES string of the molecule is CC1CN(c2cc3ncc4c(=O)n(-c5ccccc5)[nH]c4c3cc2F)CC(C)O1.CN1CCN(c2cc(F)cc3c2ncc2c(=O)n(-c4ccccc4)[nH]c23)CC1.O=c1c2cnc3cc(N4CCCNCC4)c(F)cc3c2[nH]n1-c1ccccc1.O=c1c2cnc3ccc(N4CCOCC4)cc3c2[nH]n1-c1ccccn1. The second-order valence-corrected chi connectivity index (χ2v) is 28.2. The molecule has 4 aliphatic rings. The lowest BCUT2D eigenvalue weighted by Gasteiger charge is -2.37. The monoisotopic (exact) mass is 1490 g/mol. The summed E-state index contributed by atoms with van der Waals surface area (Å²) >= 11 is 0. The second-order valence-electron chi connectivity index (χ2n) is 28.2. The van der Waals surface area contributed by atoms with Crippen LogP contribution in [-0.4, -0.2) is 180 Å². The van der Waals surface area contributed by atoms with Crippen LogP contribution in [0.5, 0.6) is 0 Å². The Kier molecular flexibility index (Phi) is 19.5. The third-order valence-electron chi connectivity index (χ3n) is 20.9. The van der Waals surface area contributed by atoms with E-state index < -0.39 is 0 Å². The molecule has 4 saturated heterocycles. The number of nitrogens with zero attached hydrogens (tertiary/aromatic N) is 14. The van der Waals surface area contributed by atoms with Crippen LogP contribution in [0.1, 0.15) is 20.3 Å². The van der Waals surface area contributed by atoms with Gasteiger partial charge in [0.05, 0.1) is 125 Å². The summed E-state index contributed by atoms with van der Waals surface area (Å²) in [6.45, 7) is 15.2. The number of nitrogens with one attached hydrogen (secondary N) is 5. The fourth-order valence-electron chi connectivity index (χ4n) is 15.3. The average molecular weight is 1490 g/mol. The molecule has 0 radical (unpaired) electrons. The normalized spacial score (nSPS) is 16.5. The molecule has 0 amide bonds. The van der Waals surface area contributed by atoms with Gasteiger partial charge in [0.2, 0.25) is 0 Å². The van der Waals surface area contributed by atoms with Gasteiger partial charge < -0.3 is 39.3 Å². The first kappa shape index (κ1) is 71.2. The van der Waals surface area contributed by atoms with Gasteiger partial charge in [0.15, 0.2) is 5.82 Å². The van der Waals surface area contributed by atoms with Crippen molar-refractivity contribution in [3.8, 4) is 22.9 Å². The highest BCUT2D eigenvalue weighted by molar-refractivity contribution is 6.08. The van der Waals surface area contributed by atoms with E-state index in [2.05, 4.69) is 89.4 Å². The maximum Gasteiger partial charge on any atom is 0.282 e. The largest absolute Gasteiger partial charge is 0.378 e. The van der Waals surface area contributed by atoms with Crippen molar-refractivity contribution in [2.75, 3.05) is 118 Å². The highest BCUT2D eigenvalue weighted by Gasteiger charge is 2.28. The Labute approximate surface area is 631 Å². The van der Waals surface area contributed by atoms with Crippen LogP contribution in [0.4, 0.5) is 35.9 Å². The van der Waals surface area contributed by atoms with Gasteiger partial charge in [-0.15, -0.1) is 0 Å². The number of rotatable bonds is 8. The van der Waals surface area contributed by atoms with E-state index in [4.69, 9.17) is 9.47 Å². The van der Waals surface area contributed by atoms with Gasteiger partial charge in [-0.25, -0.2) is 36.9 Å². The van der Waals surface area contributed by atoms with E-state index in [1.807, 2.05) is 128 Å². The fraction of sp³-hybridized carbons (Fsp3) is 0.241. The molecule has 5 N–H and O–H groups in total. The Hall–Kier alpha value is -12.8. The van der Waals surface area contributed by atoms with Gasteiger partial charge in [0.1, 0.15) is 17.5 Å². The minimum absolute atomic E-state index is 0.0283. The van der Waals surface area contributed by atoms with Crippen LogP contribution in [-0.2, 0) is 9.47 Å². The van der Waals surface area contributed by atoms with Crippen molar-refractivity contribution in [2.45, 2.75) is 32.5 Å². The zero-order valence-electron chi connectivity index (χ0n) is 61.1. The van der Waals surface area contributed by atoms with E-state index >= 15 is 8.78 Å². The molecule has 28 heteroatoms. The van der Waals surface area contributed by atoms with Gasteiger partial charge in [0, 0.05) is 130 Å². The number of aromatic nitrogens is 13. The molecule has 0 spiro atoms. The van der Waals surface area contributed by atoms with Crippen molar-refractivity contribution in [1.82, 2.24) is 74.3 Å². The summed E-state index contributed by atoms with van der Waals surface area (Å²) in [4.78, 5) is 84.2. The Balaban J connectivity index is 0.000000108. The molecular weight excluding hydrogens is 1420 g/mol. The first-order chi connectivity index (χ1) is 54.2. The summed E-state index contributed by atoms with van der Waals surface area (Å²) in [7, 11) is 2.08. The first-order valence-corrected chi connectivity index (χ1v) is 37.1. The van der Waals surface area contributed by atoms with E-state index in [9.17, 15) is 23.6 Å². The first-order valence-electron chi connectivity index (χ1n) is 37.1. The number of anilines is 4. The molecule has 13 heterocycles. The Morgan fingerprint density at radius 3 is 1.41 bits per heavy atom. The van der Waals surface area contributed by atoms with Gasteiger partial charge in [-0.05, 0) is 137 Å². The number of hydrogen-bond donors (Lipinski definition) is 5. The van der Waals surface area contributed by atoms with Crippen LogP contribution in [0, 0.1) is 17.5 Å². The molecule has 2 unspecified atom stereocenters. The fourth-order valence-corrected chi connectivity index (χ4v) is 15.3. The molecule has 9 aromatic heterocycles. The van der Waals surface area contributed by atoms with Crippen LogP contribution in [0.3, 0.4) is 0 Å². The molecule has 0 saturated carbocycles. The van der Waals surface area contributed by atoms with Crippen molar-refractivity contribution in [1.29, 1.82) is 0 Å². The molecule has 562 valence electrons. The molecule has 4 fully saturated rings. The molecule has 4 aliphatic heterocycles. The van der Waals surface area contributed by atoms with E-state index in [0.717, 1.165) is 130 Å². The third-order valence-corrected chi connectivity index (χ3v) is 20.9. The minimum atomic E-state index is -0.332. The lowest BCUT2D eigenvalue weighted by molar-refractivity contribution is -0.00539. The number of likely N-dealkylation sites (N-methyl/N-ethyl adjacent to an activating group) is 1. The third kappa shape index (κ3) is 14.0. The molecule has 0 aliphatic carbocycles. The standard InChI is InChI=1S/C22H21FN4O2.2C21H20FN5O.C19H17N5O2/c1-13-11-26(12-14(2)29-13)20-9-19-16(8-18(20)23)21-17(10-24-19)22(28)27(25-21)15-6-4-3-5-7-15;1-25-7-9-26(10-8-25)18-12-14(22)11-16-19-17(13-23-20(16)18)21(28)27(24-19)15-5-3-2-4-6-15;22-17-11-15-18(12-19(17)26-9-4-7-23-8-10-26)24-13-16-20(15)25-27(21(16)28)14-5-2-1-3-6-14;25-19-15-12-21-16-5-4-13(23-7-9-26-10-8-23)11-14(16)18(15)22-24(19)17-3-1-2-6-20-17/h3-10,13-14,25H,11-12H2,1-2H3;2-6,11-13,24H,7-10H2,1H3;1-3,5-6,11-13,23,25H,4,7-10H2;1-6,11-12,22H,7-10H2. The summed E-state index contributed by atoms with van der Waals surface area (Å²) in [5.41, 5.74) is 9.83. The number of ether oxygens (including phenoxy) is 2. The number of morpholine rings is 2. The smallest absolute Gasteiger partial charge is 0.282 e. The van der Waals surface area contributed by atoms with Crippen molar-refractivity contribution >= 4 is 110 Å². The van der Waals surface area contributed by atoms with Crippen molar-refractivity contribution < 1.29 is 22.6 Å². The summed E-state index contributed by atoms with van der Waals surface area (Å²) in [6.07, 6.45) is 9.04. The lowest BCUT2D eigenvalue weighted by Crippen LogP contribution is -2.45. The number of halogens is 3. The molecular formula is C83H78F3N19O6.